The number of nitrogens with zero attached hydrogens (tertiary/aromatic N) is 3. The first-order valence-electron chi connectivity index (χ1n) is 10.2. The lowest BCUT2D eigenvalue weighted by molar-refractivity contribution is 0.382. The zero-order valence-corrected chi connectivity index (χ0v) is 19.8. The third-order valence-corrected chi connectivity index (χ3v) is 6.26. The van der Waals surface area contributed by atoms with Crippen LogP contribution in [0.2, 0.25) is 10.0 Å². The summed E-state index contributed by atoms with van der Waals surface area (Å²) in [7, 11) is 0. The molecule has 0 bridgehead atoms. The van der Waals surface area contributed by atoms with Gasteiger partial charge in [-0.2, -0.15) is 4.98 Å². The quantitative estimate of drug-likeness (QED) is 0.316. The van der Waals surface area contributed by atoms with Gasteiger partial charge in [0.1, 0.15) is 5.76 Å². The van der Waals surface area contributed by atoms with Gasteiger partial charge >= 0.3 is 0 Å². The Hall–Kier alpha value is -3.13. The molecule has 0 fully saturated rings. The van der Waals surface area contributed by atoms with Crippen LogP contribution in [0.15, 0.2) is 81.6 Å². The molecule has 0 saturated heterocycles. The molecule has 1 atom stereocenters. The van der Waals surface area contributed by atoms with Crippen LogP contribution in [-0.2, 0) is 6.54 Å². The van der Waals surface area contributed by atoms with Gasteiger partial charge in [-0.05, 0) is 61.1 Å². The first-order chi connectivity index (χ1) is 16.0. The van der Waals surface area contributed by atoms with E-state index in [2.05, 4.69) is 10.5 Å². The van der Waals surface area contributed by atoms with Gasteiger partial charge in [-0.1, -0.05) is 52.6 Å². The summed E-state index contributed by atoms with van der Waals surface area (Å²) in [4.78, 5) is 6.65. The van der Waals surface area contributed by atoms with Crippen LogP contribution >= 0.6 is 35.4 Å². The number of nitrogens with one attached hydrogen (secondary N) is 1. The van der Waals surface area contributed by atoms with Crippen molar-refractivity contribution < 1.29 is 8.94 Å². The Labute approximate surface area is 205 Å². The van der Waals surface area contributed by atoms with Gasteiger partial charge in [0.2, 0.25) is 5.82 Å². The highest BCUT2D eigenvalue weighted by molar-refractivity contribution is 7.80. The Balaban J connectivity index is 1.60. The van der Waals surface area contributed by atoms with Crippen LogP contribution in [-0.4, -0.2) is 20.2 Å². The van der Waals surface area contributed by atoms with Crippen molar-refractivity contribution in [3.63, 3.8) is 0 Å². The largest absolute Gasteiger partial charge is 0.467 e. The number of aromatic nitrogens is 2. The van der Waals surface area contributed by atoms with E-state index in [0.29, 0.717) is 33.4 Å². The summed E-state index contributed by atoms with van der Waals surface area (Å²) in [5.74, 6) is 1.63. The number of benzene rings is 2. The molecule has 4 aromatic rings. The first kappa shape index (κ1) is 21.7. The minimum Gasteiger partial charge on any atom is -0.467 e. The van der Waals surface area contributed by atoms with Crippen LogP contribution in [0.1, 0.15) is 30.2 Å². The highest BCUT2D eigenvalue weighted by Crippen LogP contribution is 2.38. The Morgan fingerprint density at radius 1 is 1.06 bits per heavy atom. The first-order valence-corrected chi connectivity index (χ1v) is 11.3. The molecule has 1 N–H and O–H groups in total. The molecular weight excluding hydrogens is 479 g/mol. The molecule has 0 spiro atoms. The van der Waals surface area contributed by atoms with Crippen molar-refractivity contribution in [3.8, 4) is 11.4 Å². The fraction of sp³-hybridized carbons (Fsp3) is 0.125. The van der Waals surface area contributed by atoms with Gasteiger partial charge in [-0.25, -0.2) is 0 Å². The van der Waals surface area contributed by atoms with Crippen molar-refractivity contribution in [1.82, 2.24) is 20.4 Å². The fourth-order valence-corrected chi connectivity index (χ4v) is 4.43. The van der Waals surface area contributed by atoms with Gasteiger partial charge in [-0.15, -0.1) is 0 Å². The lowest BCUT2D eigenvalue weighted by Crippen LogP contribution is -2.45. The molecule has 1 aliphatic heterocycles. The third kappa shape index (κ3) is 4.39. The Morgan fingerprint density at radius 3 is 2.61 bits per heavy atom. The number of halogens is 2. The van der Waals surface area contributed by atoms with Gasteiger partial charge in [0.25, 0.3) is 5.89 Å². The second-order valence-electron chi connectivity index (χ2n) is 7.53. The van der Waals surface area contributed by atoms with Gasteiger partial charge in [0.05, 0.1) is 24.4 Å². The number of hydrogen-bond acceptors (Lipinski definition) is 5. The van der Waals surface area contributed by atoms with Gasteiger partial charge in [0, 0.05) is 21.3 Å². The van der Waals surface area contributed by atoms with E-state index in [-0.39, 0.29) is 6.04 Å². The van der Waals surface area contributed by atoms with E-state index in [0.717, 1.165) is 28.2 Å². The van der Waals surface area contributed by atoms with Crippen LogP contribution in [0.4, 0.5) is 0 Å². The second kappa shape index (κ2) is 9.02. The minimum absolute atomic E-state index is 0.296. The average Bonchev–Trinajstić information content (AvgIpc) is 3.49. The molecule has 2 aromatic carbocycles. The van der Waals surface area contributed by atoms with E-state index in [4.69, 9.17) is 49.3 Å². The average molecular weight is 497 g/mol. The Bertz CT molecular complexity index is 1330. The molecule has 5 rings (SSSR count). The monoisotopic (exact) mass is 496 g/mol. The van der Waals surface area contributed by atoms with E-state index < -0.39 is 0 Å². The van der Waals surface area contributed by atoms with E-state index in [1.54, 1.807) is 18.4 Å². The maximum Gasteiger partial charge on any atom is 0.258 e. The molecule has 1 aliphatic rings. The van der Waals surface area contributed by atoms with E-state index in [9.17, 15) is 0 Å². The molecule has 2 aromatic heterocycles. The number of hydrogen-bond donors (Lipinski definition) is 1. The minimum atomic E-state index is -0.296. The van der Waals surface area contributed by atoms with Gasteiger partial charge in [-0.3, -0.25) is 0 Å². The highest BCUT2D eigenvalue weighted by atomic mass is 35.5. The summed E-state index contributed by atoms with van der Waals surface area (Å²) >= 11 is 18.0. The van der Waals surface area contributed by atoms with Crippen molar-refractivity contribution in [2.45, 2.75) is 19.5 Å². The molecular formula is C24H18Cl2N4O2S. The summed E-state index contributed by atoms with van der Waals surface area (Å²) in [6.45, 7) is 2.45. The molecule has 0 radical (unpaired) electrons. The van der Waals surface area contributed by atoms with Crippen molar-refractivity contribution in [2.24, 2.45) is 0 Å². The van der Waals surface area contributed by atoms with Crippen LogP contribution in [0, 0.1) is 0 Å². The van der Waals surface area contributed by atoms with E-state index in [1.807, 2.05) is 60.4 Å². The predicted molar refractivity (Wildman–Crippen MR) is 132 cm³/mol. The highest BCUT2D eigenvalue weighted by Gasteiger charge is 2.34. The van der Waals surface area contributed by atoms with Crippen molar-refractivity contribution in [1.29, 1.82) is 0 Å². The molecule has 33 heavy (non-hydrogen) atoms. The fourth-order valence-electron chi connectivity index (χ4n) is 3.79. The SMILES string of the molecule is CC1=C(c2nc(-c3cccc(Cl)c3)no2)C(c2ccc(Cl)cc2)NC(=S)N1Cc1ccco1. The standard InChI is InChI=1S/C24H18Cl2N4O2S/c1-14-20(23-28-22(29-32-23)16-4-2-5-18(26)12-16)21(15-7-9-17(25)10-8-15)27-24(33)30(14)13-19-6-3-11-31-19/h2-12,21H,13H2,1H3,(H,27,33). The third-order valence-electron chi connectivity index (χ3n) is 5.43. The van der Waals surface area contributed by atoms with Crippen LogP contribution < -0.4 is 5.32 Å². The van der Waals surface area contributed by atoms with Gasteiger partial charge in [0.15, 0.2) is 5.11 Å². The summed E-state index contributed by atoms with van der Waals surface area (Å²) in [5.41, 5.74) is 3.44. The summed E-state index contributed by atoms with van der Waals surface area (Å²) < 4.78 is 11.3. The molecule has 0 aliphatic carbocycles. The van der Waals surface area contributed by atoms with Crippen LogP contribution in [0.5, 0.6) is 0 Å². The second-order valence-corrected chi connectivity index (χ2v) is 8.79. The number of rotatable bonds is 5. The van der Waals surface area contributed by atoms with E-state index in [1.165, 1.54) is 0 Å². The number of allylic oxidation sites excluding steroid dienone is 1. The van der Waals surface area contributed by atoms with Crippen LogP contribution in [0.3, 0.4) is 0 Å². The summed E-state index contributed by atoms with van der Waals surface area (Å²) in [6.07, 6.45) is 1.64. The smallest absolute Gasteiger partial charge is 0.258 e. The molecule has 9 heteroatoms. The lowest BCUT2D eigenvalue weighted by atomic mass is 9.95. The Kier molecular flexibility index (Phi) is 5.93. The zero-order chi connectivity index (χ0) is 22.9. The maximum absolute atomic E-state index is 6.15. The zero-order valence-electron chi connectivity index (χ0n) is 17.5. The number of thiocarbonyl (C=S) groups is 1. The molecule has 166 valence electrons. The Morgan fingerprint density at radius 2 is 1.88 bits per heavy atom. The van der Waals surface area contributed by atoms with Crippen molar-refractivity contribution in [2.75, 3.05) is 0 Å². The molecule has 0 saturated carbocycles. The molecule has 3 heterocycles. The molecule has 1 unspecified atom stereocenters. The predicted octanol–water partition coefficient (Wildman–Crippen LogP) is 6.50. The maximum atomic E-state index is 6.15. The van der Waals surface area contributed by atoms with Crippen LogP contribution in [0.25, 0.3) is 17.0 Å². The normalized spacial score (nSPS) is 16.3. The van der Waals surface area contributed by atoms with E-state index >= 15 is 0 Å². The molecule has 6 nitrogen and oxygen atoms in total. The lowest BCUT2D eigenvalue weighted by Gasteiger charge is -2.37. The van der Waals surface area contributed by atoms with Crippen molar-refractivity contribution in [3.05, 3.63) is 99.9 Å². The van der Waals surface area contributed by atoms with Gasteiger partial charge < -0.3 is 19.2 Å². The summed E-state index contributed by atoms with van der Waals surface area (Å²) in [6, 6.07) is 18.4. The topological polar surface area (TPSA) is 67.3 Å². The number of furan rings is 1. The van der Waals surface area contributed by atoms with Crippen molar-refractivity contribution >= 4 is 46.1 Å². The molecule has 0 amide bonds. The summed E-state index contributed by atoms with van der Waals surface area (Å²) in [5, 5.41) is 9.44.